The van der Waals surface area contributed by atoms with E-state index < -0.39 is 0 Å². The topological polar surface area (TPSA) is 14.1 Å². The Bertz CT molecular complexity index is 571. The van der Waals surface area contributed by atoms with Gasteiger partial charge in [-0.3, -0.25) is 5.32 Å². The Hall–Kier alpha value is -1.24. The van der Waals surface area contributed by atoms with Gasteiger partial charge in [-0.15, -0.1) is 0 Å². The first kappa shape index (κ1) is 18.5. The lowest BCUT2D eigenvalue weighted by atomic mass is 9.77. The molecular weight excluding hydrogens is 302 g/mol. The highest BCUT2D eigenvalue weighted by molar-refractivity contribution is 5.82. The molecule has 1 heteroatoms. The van der Waals surface area contributed by atoms with Crippen molar-refractivity contribution < 1.29 is 0 Å². The minimum atomic E-state index is 0.695. The summed E-state index contributed by atoms with van der Waals surface area (Å²) in [5, 5.41) is 5.04. The highest BCUT2D eigenvalue weighted by Gasteiger charge is 2.33. The van der Waals surface area contributed by atoms with Gasteiger partial charge in [0.2, 0.25) is 0 Å². The molecule has 0 N–H and O–H groups in total. The lowest BCUT2D eigenvalue weighted by Gasteiger charge is -2.29. The van der Waals surface area contributed by atoms with Crippen LogP contribution < -0.4 is 5.32 Å². The average Bonchev–Trinajstić information content (AvgIpc) is 3.02. The minimum absolute atomic E-state index is 0.695. The molecule has 1 aliphatic carbocycles. The fourth-order valence-corrected chi connectivity index (χ4v) is 4.72. The van der Waals surface area contributed by atoms with E-state index in [0.29, 0.717) is 5.92 Å². The Kier molecular flexibility index (Phi) is 7.02. The van der Waals surface area contributed by atoms with Crippen LogP contribution >= 0.6 is 0 Å². The first-order valence-electron chi connectivity index (χ1n) is 10.9. The fraction of sp³-hybridized carbons (Fsp3) is 0.667. The van der Waals surface area contributed by atoms with E-state index in [1.54, 1.807) is 5.57 Å². The summed E-state index contributed by atoms with van der Waals surface area (Å²) >= 11 is 0. The summed E-state index contributed by atoms with van der Waals surface area (Å²) in [5.41, 5.74) is 5.65. The van der Waals surface area contributed by atoms with Crippen LogP contribution in [0, 0.1) is 11.8 Å². The van der Waals surface area contributed by atoms with Crippen LogP contribution in [-0.2, 0) is 0 Å². The van der Waals surface area contributed by atoms with Crippen molar-refractivity contribution in [3.63, 3.8) is 0 Å². The van der Waals surface area contributed by atoms with Crippen molar-refractivity contribution in [2.45, 2.75) is 90.9 Å². The Morgan fingerprint density at radius 2 is 1.72 bits per heavy atom. The van der Waals surface area contributed by atoms with Gasteiger partial charge in [0.1, 0.15) is 0 Å². The normalized spacial score (nSPS) is 20.2. The van der Waals surface area contributed by atoms with Crippen molar-refractivity contribution >= 4 is 11.3 Å². The van der Waals surface area contributed by atoms with E-state index in [2.05, 4.69) is 38.1 Å². The molecular formula is C24H36N. The number of hydrogen-bond donors (Lipinski definition) is 0. The molecule has 1 radical (unpaired) electrons. The summed E-state index contributed by atoms with van der Waals surface area (Å²) in [6, 6.07) is 8.75. The molecule has 137 valence electrons. The predicted octanol–water partition coefficient (Wildman–Crippen LogP) is 7.61. The zero-order valence-electron chi connectivity index (χ0n) is 16.4. The zero-order valence-corrected chi connectivity index (χ0v) is 16.4. The van der Waals surface area contributed by atoms with Crippen LogP contribution in [0.4, 0.5) is 5.69 Å². The van der Waals surface area contributed by atoms with Crippen molar-refractivity contribution in [3.8, 4) is 0 Å². The second-order valence-corrected chi connectivity index (χ2v) is 8.23. The third-order valence-corrected chi connectivity index (χ3v) is 6.27. The van der Waals surface area contributed by atoms with E-state index in [4.69, 9.17) is 5.32 Å². The smallest absolute Gasteiger partial charge is 0.0708 e. The number of hydrogen-bond acceptors (Lipinski definition) is 0. The maximum atomic E-state index is 5.04. The average molecular weight is 339 g/mol. The lowest BCUT2D eigenvalue weighted by molar-refractivity contribution is 0.329. The van der Waals surface area contributed by atoms with Crippen LogP contribution in [0.3, 0.4) is 0 Å². The van der Waals surface area contributed by atoms with Gasteiger partial charge in [0.25, 0.3) is 0 Å². The second kappa shape index (κ2) is 9.46. The van der Waals surface area contributed by atoms with Crippen LogP contribution in [0.25, 0.3) is 5.57 Å². The molecule has 25 heavy (non-hydrogen) atoms. The summed E-state index contributed by atoms with van der Waals surface area (Å²) in [6.45, 7) is 4.77. The van der Waals surface area contributed by atoms with E-state index in [0.717, 1.165) is 5.92 Å². The first-order chi connectivity index (χ1) is 12.3. The molecule has 2 atom stereocenters. The molecule has 0 bridgehead atoms. The van der Waals surface area contributed by atoms with Crippen molar-refractivity contribution in [1.82, 2.24) is 5.32 Å². The summed E-state index contributed by atoms with van der Waals surface area (Å²) < 4.78 is 0. The van der Waals surface area contributed by atoms with Gasteiger partial charge in [0.05, 0.1) is 5.69 Å². The number of para-hydroxylation sites is 1. The molecule has 0 fully saturated rings. The molecule has 2 unspecified atom stereocenters. The fourth-order valence-electron chi connectivity index (χ4n) is 4.72. The maximum absolute atomic E-state index is 5.04. The van der Waals surface area contributed by atoms with E-state index in [9.17, 15) is 0 Å². The van der Waals surface area contributed by atoms with Crippen LogP contribution in [0.15, 0.2) is 30.0 Å². The van der Waals surface area contributed by atoms with Crippen molar-refractivity contribution in [3.05, 3.63) is 35.5 Å². The van der Waals surface area contributed by atoms with Crippen molar-refractivity contribution in [1.29, 1.82) is 0 Å². The number of rotatable bonds is 10. The highest BCUT2D eigenvalue weighted by atomic mass is 14.9. The van der Waals surface area contributed by atoms with Gasteiger partial charge in [-0.1, -0.05) is 89.8 Å². The Morgan fingerprint density at radius 3 is 2.52 bits per heavy atom. The second-order valence-electron chi connectivity index (χ2n) is 8.23. The molecule has 3 rings (SSSR count). The molecule has 0 spiro atoms. The van der Waals surface area contributed by atoms with Crippen LogP contribution in [0.2, 0.25) is 0 Å². The van der Waals surface area contributed by atoms with Gasteiger partial charge < -0.3 is 0 Å². The van der Waals surface area contributed by atoms with Crippen LogP contribution in [0.5, 0.6) is 0 Å². The predicted molar refractivity (Wildman–Crippen MR) is 109 cm³/mol. The van der Waals surface area contributed by atoms with E-state index >= 15 is 0 Å². The first-order valence-corrected chi connectivity index (χ1v) is 10.9. The highest BCUT2D eigenvalue weighted by Crippen LogP contribution is 2.47. The molecule has 0 aromatic heterocycles. The molecule has 0 amide bonds. The number of benzene rings is 1. The quantitative estimate of drug-likeness (QED) is 0.390. The third-order valence-electron chi connectivity index (χ3n) is 6.27. The lowest BCUT2D eigenvalue weighted by Crippen LogP contribution is -2.21. The van der Waals surface area contributed by atoms with Crippen LogP contribution in [0.1, 0.15) is 96.5 Å². The van der Waals surface area contributed by atoms with Gasteiger partial charge in [0, 0.05) is 17.2 Å². The number of unbranched alkanes of at least 4 members (excludes halogenated alkanes) is 7. The Labute approximate surface area is 155 Å². The SMILES string of the molecule is CCCCCCCCCCC(C)C1CCCC2=C1[N]c1ccccc12. The van der Waals surface area contributed by atoms with Gasteiger partial charge in [-0.05, 0) is 36.8 Å². The molecule has 2 aliphatic rings. The molecule has 1 nitrogen and oxygen atoms in total. The standard InChI is InChI=1S/C24H36N/c1-3-4-5-6-7-8-9-10-14-19(2)20-16-13-17-22-21-15-11-12-18-23(21)25-24(20)22/h11-12,15,18-20H,3-10,13-14,16-17H2,1-2H3. The molecule has 1 heterocycles. The van der Waals surface area contributed by atoms with Crippen molar-refractivity contribution in [2.75, 3.05) is 0 Å². The largest absolute Gasteiger partial charge is 0.252 e. The Balaban J connectivity index is 1.44. The maximum Gasteiger partial charge on any atom is 0.0708 e. The van der Waals surface area contributed by atoms with Gasteiger partial charge in [-0.25, -0.2) is 0 Å². The molecule has 0 saturated carbocycles. The van der Waals surface area contributed by atoms with E-state index in [-0.39, 0.29) is 0 Å². The minimum Gasteiger partial charge on any atom is -0.252 e. The summed E-state index contributed by atoms with van der Waals surface area (Å²) in [6.07, 6.45) is 16.7. The van der Waals surface area contributed by atoms with Crippen molar-refractivity contribution in [2.24, 2.45) is 11.8 Å². The number of allylic oxidation sites excluding steroid dienone is 2. The zero-order chi connectivity index (χ0) is 17.5. The van der Waals surface area contributed by atoms with E-state index in [1.807, 2.05) is 0 Å². The van der Waals surface area contributed by atoms with E-state index in [1.165, 1.54) is 94.0 Å². The molecule has 0 saturated heterocycles. The molecule has 1 aromatic rings. The van der Waals surface area contributed by atoms with Gasteiger partial charge in [-0.2, -0.15) is 0 Å². The van der Waals surface area contributed by atoms with Crippen LogP contribution in [-0.4, -0.2) is 0 Å². The van der Waals surface area contributed by atoms with Gasteiger partial charge >= 0.3 is 0 Å². The summed E-state index contributed by atoms with van der Waals surface area (Å²) in [7, 11) is 0. The molecule has 1 aromatic carbocycles. The van der Waals surface area contributed by atoms with Gasteiger partial charge in [0.15, 0.2) is 0 Å². The number of fused-ring (bicyclic) bond motifs is 2. The molecule has 1 aliphatic heterocycles. The Morgan fingerprint density at radius 1 is 1.00 bits per heavy atom. The third kappa shape index (κ3) is 4.68. The number of nitrogens with zero attached hydrogens (tertiary/aromatic N) is 1. The monoisotopic (exact) mass is 338 g/mol. The summed E-state index contributed by atoms with van der Waals surface area (Å²) in [5.74, 6) is 1.48. The summed E-state index contributed by atoms with van der Waals surface area (Å²) in [4.78, 5) is 0.